The van der Waals surface area contributed by atoms with Crippen LogP contribution in [-0.4, -0.2) is 4.92 Å². The van der Waals surface area contributed by atoms with Crippen molar-refractivity contribution in [1.29, 1.82) is 0 Å². The summed E-state index contributed by atoms with van der Waals surface area (Å²) in [6.45, 7) is 0. The van der Waals surface area contributed by atoms with E-state index >= 15 is 0 Å². The van der Waals surface area contributed by atoms with Gasteiger partial charge in [0.05, 0.1) is 4.92 Å². The Morgan fingerprint density at radius 3 is 2.62 bits per heavy atom. The molecule has 0 saturated heterocycles. The van der Waals surface area contributed by atoms with Crippen LogP contribution in [0.1, 0.15) is 0 Å². The van der Waals surface area contributed by atoms with Crippen LogP contribution in [0.15, 0.2) is 49.5 Å². The topological polar surface area (TPSA) is 64.7 Å². The molecule has 2 rings (SSSR count). The Labute approximate surface area is 102 Å². The van der Waals surface area contributed by atoms with Crippen LogP contribution < -0.4 is 4.74 Å². The minimum absolute atomic E-state index is 0.0583. The molecule has 0 saturated carbocycles. The summed E-state index contributed by atoms with van der Waals surface area (Å²) in [5.74, 6) is 1.34. The van der Waals surface area contributed by atoms with Gasteiger partial charge < -0.3 is 4.74 Å². The van der Waals surface area contributed by atoms with E-state index < -0.39 is 4.92 Å². The van der Waals surface area contributed by atoms with Crippen LogP contribution in [-0.2, 0) is 0 Å². The van der Waals surface area contributed by atoms with E-state index in [1.54, 1.807) is 24.4 Å². The molecule has 1 aliphatic rings. The smallest absolute Gasteiger partial charge is 0.269 e. The number of hydrogen-bond acceptors (Lipinski definition) is 4. The van der Waals surface area contributed by atoms with Gasteiger partial charge >= 0.3 is 0 Å². The van der Waals surface area contributed by atoms with Crippen LogP contribution in [0.25, 0.3) is 0 Å². The fraction of sp³-hybridized carbons (Fsp3) is 0. The van der Waals surface area contributed by atoms with E-state index in [4.69, 9.17) is 4.74 Å². The van der Waals surface area contributed by atoms with Crippen molar-refractivity contribution in [3.05, 3.63) is 56.5 Å². The highest BCUT2D eigenvalue weighted by Gasteiger charge is 2.05. The van der Waals surface area contributed by atoms with Crippen LogP contribution in [0.4, 0.5) is 5.69 Å². The van der Waals surface area contributed by atoms with Crippen molar-refractivity contribution < 1.29 is 9.66 Å². The predicted octanol–water partition coefficient (Wildman–Crippen LogP) is 3.50. The van der Waals surface area contributed by atoms with Crippen LogP contribution in [0.5, 0.6) is 5.75 Å². The summed E-state index contributed by atoms with van der Waals surface area (Å²) in [5, 5.41) is 10.4. The summed E-state index contributed by atoms with van der Waals surface area (Å²) in [6.07, 6.45) is 3.48. The number of nitrogens with zero attached hydrogens (tertiary/aromatic N) is 2. The molecular formula is C10H7IN2O3. The normalized spacial score (nSPS) is 13.9. The number of hydrogen-bond donors (Lipinski definition) is 0. The summed E-state index contributed by atoms with van der Waals surface area (Å²) in [5.41, 5.74) is 0.0583. The number of benzene rings is 1. The maximum Gasteiger partial charge on any atom is 0.269 e. The van der Waals surface area contributed by atoms with Gasteiger partial charge in [0.1, 0.15) is 11.5 Å². The van der Waals surface area contributed by atoms with Gasteiger partial charge in [-0.25, -0.2) is 3.15 Å². The van der Waals surface area contributed by atoms with Gasteiger partial charge in [-0.15, -0.1) is 0 Å². The lowest BCUT2D eigenvalue weighted by atomic mass is 10.3. The summed E-state index contributed by atoms with van der Waals surface area (Å²) in [4.78, 5) is 10.00. The zero-order chi connectivity index (χ0) is 11.4. The van der Waals surface area contributed by atoms with Crippen molar-refractivity contribution in [3.63, 3.8) is 0 Å². The van der Waals surface area contributed by atoms with E-state index in [2.05, 4.69) is 3.15 Å². The molecule has 16 heavy (non-hydrogen) atoms. The standard InChI is InChI=1S/C10H7IN2O3/c14-13(15)8-1-3-9(4-2-8)16-10-5-6-12-11-7-10/h1-7H. The SMILES string of the molecule is O=[N+]([O-])c1ccc(OC2=CI=NC=C2)cc1. The number of rotatable bonds is 3. The molecule has 1 heterocycles. The lowest BCUT2D eigenvalue weighted by Crippen LogP contribution is -1.93. The van der Waals surface area contributed by atoms with Gasteiger partial charge in [0.25, 0.3) is 5.69 Å². The number of nitro benzene ring substituents is 1. The summed E-state index contributed by atoms with van der Waals surface area (Å²) in [6, 6.07) is 6.00. The van der Waals surface area contributed by atoms with Crippen LogP contribution in [0.3, 0.4) is 0 Å². The number of nitro groups is 1. The van der Waals surface area contributed by atoms with Crippen molar-refractivity contribution in [2.75, 3.05) is 0 Å². The third-order valence-electron chi connectivity index (χ3n) is 1.79. The van der Waals surface area contributed by atoms with E-state index in [1.807, 2.05) is 4.08 Å². The fourth-order valence-electron chi connectivity index (χ4n) is 1.08. The molecule has 0 atom stereocenters. The Balaban J connectivity index is 2.11. The Hall–Kier alpha value is -1.57. The molecule has 0 unspecified atom stereocenters. The summed E-state index contributed by atoms with van der Waals surface area (Å²) in [7, 11) is 0. The number of halogens is 1. The fourth-order valence-corrected chi connectivity index (χ4v) is 2.19. The minimum Gasteiger partial charge on any atom is -0.457 e. The molecule has 0 fully saturated rings. The van der Waals surface area contributed by atoms with Crippen molar-refractivity contribution in [1.82, 2.24) is 0 Å². The quantitative estimate of drug-likeness (QED) is 0.484. The van der Waals surface area contributed by atoms with Crippen molar-refractivity contribution >= 4 is 26.7 Å². The molecule has 0 N–H and O–H groups in total. The molecule has 0 aliphatic carbocycles. The molecule has 0 bridgehead atoms. The zero-order valence-electron chi connectivity index (χ0n) is 8.04. The molecule has 0 spiro atoms. The maximum absolute atomic E-state index is 10.4. The molecule has 1 aromatic carbocycles. The second-order valence-corrected chi connectivity index (χ2v) is 4.61. The molecule has 5 nitrogen and oxygen atoms in total. The molecule has 82 valence electrons. The highest BCUT2D eigenvalue weighted by atomic mass is 127. The largest absolute Gasteiger partial charge is 0.457 e. The average Bonchev–Trinajstić information content (AvgIpc) is 2.31. The first-order valence-corrected chi connectivity index (χ1v) is 6.58. The first-order valence-electron chi connectivity index (χ1n) is 4.37. The van der Waals surface area contributed by atoms with Crippen LogP contribution in [0.2, 0.25) is 0 Å². The highest BCUT2D eigenvalue weighted by Crippen LogP contribution is 2.22. The van der Waals surface area contributed by atoms with Crippen molar-refractivity contribution in [2.45, 2.75) is 0 Å². The van der Waals surface area contributed by atoms with E-state index in [1.165, 1.54) is 12.1 Å². The van der Waals surface area contributed by atoms with Gasteiger partial charge in [-0.05, 0) is 12.1 Å². The first kappa shape index (κ1) is 10.9. The first-order chi connectivity index (χ1) is 7.75. The Bertz CT molecular complexity index is 491. The van der Waals surface area contributed by atoms with Gasteiger partial charge in [0, 0.05) is 49.5 Å². The summed E-state index contributed by atoms with van der Waals surface area (Å²) < 4.78 is 11.5. The third kappa shape index (κ3) is 2.72. The number of allylic oxidation sites excluding steroid dienone is 1. The Morgan fingerprint density at radius 1 is 1.31 bits per heavy atom. The molecule has 0 radical (unpaired) electrons. The molecule has 0 aromatic heterocycles. The molecule has 6 heteroatoms. The van der Waals surface area contributed by atoms with E-state index in [9.17, 15) is 10.1 Å². The van der Waals surface area contributed by atoms with Gasteiger partial charge in [0.2, 0.25) is 0 Å². The molecular weight excluding hydrogens is 323 g/mol. The molecule has 1 aromatic rings. The van der Waals surface area contributed by atoms with Crippen LogP contribution in [0, 0.1) is 10.1 Å². The zero-order valence-corrected chi connectivity index (χ0v) is 10.2. The lowest BCUT2D eigenvalue weighted by Gasteiger charge is -2.05. The lowest BCUT2D eigenvalue weighted by molar-refractivity contribution is -0.384. The average molecular weight is 330 g/mol. The van der Waals surface area contributed by atoms with Gasteiger partial charge in [0.15, 0.2) is 0 Å². The number of non-ortho nitro benzene ring substituents is 1. The van der Waals surface area contributed by atoms with Gasteiger partial charge in [-0.3, -0.25) is 10.1 Å². The third-order valence-corrected chi connectivity index (χ3v) is 3.33. The van der Waals surface area contributed by atoms with Crippen molar-refractivity contribution in [2.24, 2.45) is 3.15 Å². The second-order valence-electron chi connectivity index (χ2n) is 2.88. The van der Waals surface area contributed by atoms with Gasteiger partial charge in [-0.1, -0.05) is 0 Å². The highest BCUT2D eigenvalue weighted by molar-refractivity contribution is 14.2. The van der Waals surface area contributed by atoms with E-state index in [0.29, 0.717) is 5.75 Å². The van der Waals surface area contributed by atoms with Crippen molar-refractivity contribution in [3.8, 4) is 5.75 Å². The van der Waals surface area contributed by atoms with Crippen LogP contribution >= 0.6 is 21.0 Å². The Kier molecular flexibility index (Phi) is 3.40. The summed E-state index contributed by atoms with van der Waals surface area (Å²) >= 11 is -0.298. The van der Waals surface area contributed by atoms with E-state index in [0.717, 1.165) is 5.76 Å². The van der Waals surface area contributed by atoms with E-state index in [-0.39, 0.29) is 26.7 Å². The minimum atomic E-state index is -0.437. The molecule has 0 amide bonds. The second kappa shape index (κ2) is 4.97. The number of ether oxygens (including phenoxy) is 1. The monoisotopic (exact) mass is 330 g/mol. The Morgan fingerprint density at radius 2 is 2.06 bits per heavy atom. The van der Waals surface area contributed by atoms with Gasteiger partial charge in [-0.2, -0.15) is 0 Å². The maximum atomic E-state index is 10.4. The molecule has 1 aliphatic heterocycles. The predicted molar refractivity (Wildman–Crippen MR) is 67.4 cm³/mol.